The minimum atomic E-state index is -0.843. The summed E-state index contributed by atoms with van der Waals surface area (Å²) in [7, 11) is 0. The van der Waals surface area contributed by atoms with Crippen molar-refractivity contribution in [1.29, 1.82) is 0 Å². The first-order valence-electron chi connectivity index (χ1n) is 5.91. The molecule has 0 aromatic rings. The fraction of sp³-hybridized carbons (Fsp3) is 0.750. The lowest BCUT2D eigenvalue weighted by Gasteiger charge is -2.13. The van der Waals surface area contributed by atoms with Gasteiger partial charge in [0.1, 0.15) is 11.7 Å². The highest BCUT2D eigenvalue weighted by atomic mass is 16.5. The van der Waals surface area contributed by atoms with E-state index in [9.17, 15) is 14.4 Å². The van der Waals surface area contributed by atoms with E-state index in [1.54, 1.807) is 20.8 Å². The monoisotopic (exact) mass is 244 g/mol. The van der Waals surface area contributed by atoms with E-state index in [0.717, 1.165) is 0 Å². The minimum Gasteiger partial charge on any atom is -0.466 e. The van der Waals surface area contributed by atoms with Gasteiger partial charge >= 0.3 is 11.9 Å². The van der Waals surface area contributed by atoms with Gasteiger partial charge in [-0.15, -0.1) is 0 Å². The molecule has 0 fully saturated rings. The van der Waals surface area contributed by atoms with E-state index in [1.807, 2.05) is 0 Å². The Hall–Kier alpha value is -1.39. The second-order valence-electron chi connectivity index (χ2n) is 3.47. The lowest BCUT2D eigenvalue weighted by Crippen LogP contribution is -2.26. The summed E-state index contributed by atoms with van der Waals surface area (Å²) in [6.45, 7) is 5.59. The number of carbonyl (C=O) groups is 3. The first kappa shape index (κ1) is 15.6. The zero-order valence-electron chi connectivity index (χ0n) is 10.7. The van der Waals surface area contributed by atoms with Crippen molar-refractivity contribution in [3.8, 4) is 0 Å². The van der Waals surface area contributed by atoms with Gasteiger partial charge in [-0.1, -0.05) is 6.92 Å². The van der Waals surface area contributed by atoms with Gasteiger partial charge in [0.25, 0.3) is 0 Å². The summed E-state index contributed by atoms with van der Waals surface area (Å²) >= 11 is 0. The van der Waals surface area contributed by atoms with Gasteiger partial charge in [-0.2, -0.15) is 0 Å². The van der Waals surface area contributed by atoms with E-state index in [4.69, 9.17) is 9.47 Å². The molecule has 1 unspecified atom stereocenters. The molecule has 0 amide bonds. The average Bonchev–Trinajstić information content (AvgIpc) is 2.29. The van der Waals surface area contributed by atoms with Gasteiger partial charge in [0.05, 0.1) is 13.2 Å². The zero-order valence-corrected chi connectivity index (χ0v) is 10.7. The summed E-state index contributed by atoms with van der Waals surface area (Å²) in [4.78, 5) is 34.2. The van der Waals surface area contributed by atoms with Crippen molar-refractivity contribution in [2.24, 2.45) is 5.92 Å². The van der Waals surface area contributed by atoms with Crippen molar-refractivity contribution in [3.63, 3.8) is 0 Å². The molecule has 0 aliphatic carbocycles. The number of hydrogen-bond acceptors (Lipinski definition) is 5. The summed E-state index contributed by atoms with van der Waals surface area (Å²) < 4.78 is 9.55. The van der Waals surface area contributed by atoms with Crippen LogP contribution in [-0.2, 0) is 23.9 Å². The molecule has 0 heterocycles. The Morgan fingerprint density at radius 2 is 1.59 bits per heavy atom. The predicted molar refractivity (Wildman–Crippen MR) is 61.3 cm³/mol. The van der Waals surface area contributed by atoms with Crippen LogP contribution < -0.4 is 0 Å². The molecular weight excluding hydrogens is 224 g/mol. The minimum absolute atomic E-state index is 0.0586. The molecule has 0 spiro atoms. The topological polar surface area (TPSA) is 69.7 Å². The number of ether oxygens (including phenoxy) is 2. The highest BCUT2D eigenvalue weighted by Gasteiger charge is 2.27. The Morgan fingerprint density at radius 3 is 2.06 bits per heavy atom. The van der Waals surface area contributed by atoms with Crippen molar-refractivity contribution in [1.82, 2.24) is 0 Å². The predicted octanol–water partition coefficient (Wildman–Crippen LogP) is 1.49. The molecule has 0 saturated heterocycles. The van der Waals surface area contributed by atoms with Crippen LogP contribution in [0.15, 0.2) is 0 Å². The quantitative estimate of drug-likeness (QED) is 0.478. The van der Waals surface area contributed by atoms with E-state index in [2.05, 4.69) is 0 Å². The molecule has 0 aliphatic heterocycles. The van der Waals surface area contributed by atoms with Crippen LogP contribution in [0.3, 0.4) is 0 Å². The molecule has 5 heteroatoms. The fourth-order valence-corrected chi connectivity index (χ4v) is 1.39. The van der Waals surface area contributed by atoms with Crippen LogP contribution in [0, 0.1) is 5.92 Å². The lowest BCUT2D eigenvalue weighted by atomic mass is 9.97. The number of esters is 2. The molecule has 5 nitrogen and oxygen atoms in total. The number of Topliss-reactive ketones (excluding diaryl/α,β-unsaturated/α-hetero) is 1. The van der Waals surface area contributed by atoms with Crippen LogP contribution in [-0.4, -0.2) is 30.9 Å². The molecule has 98 valence electrons. The summed E-state index contributed by atoms with van der Waals surface area (Å²) in [5.74, 6) is -1.99. The van der Waals surface area contributed by atoms with Gasteiger partial charge in [0.2, 0.25) is 0 Å². The second kappa shape index (κ2) is 8.73. The standard InChI is InChI=1S/C12H20O5/c1-4-10(13)9(12(15)17-6-3)7-8-11(14)16-5-2/h9H,4-8H2,1-3H3. The van der Waals surface area contributed by atoms with Crippen molar-refractivity contribution in [2.45, 2.75) is 40.0 Å². The third-order valence-electron chi connectivity index (χ3n) is 2.25. The van der Waals surface area contributed by atoms with Crippen molar-refractivity contribution in [2.75, 3.05) is 13.2 Å². The Balaban J connectivity index is 4.34. The van der Waals surface area contributed by atoms with E-state index in [0.29, 0.717) is 6.61 Å². The van der Waals surface area contributed by atoms with Gasteiger partial charge < -0.3 is 9.47 Å². The van der Waals surface area contributed by atoms with E-state index >= 15 is 0 Å². The van der Waals surface area contributed by atoms with Gasteiger partial charge in [-0.05, 0) is 20.3 Å². The third kappa shape index (κ3) is 6.04. The molecule has 0 rings (SSSR count). The SMILES string of the molecule is CCOC(=O)CCC(C(=O)CC)C(=O)OCC. The van der Waals surface area contributed by atoms with Crippen LogP contribution in [0.2, 0.25) is 0 Å². The number of carbonyl (C=O) groups excluding carboxylic acids is 3. The first-order valence-corrected chi connectivity index (χ1v) is 5.91. The van der Waals surface area contributed by atoms with Crippen LogP contribution in [0.4, 0.5) is 0 Å². The summed E-state index contributed by atoms with van der Waals surface area (Å²) in [5.41, 5.74) is 0. The van der Waals surface area contributed by atoms with E-state index in [-0.39, 0.29) is 31.7 Å². The summed E-state index contributed by atoms with van der Waals surface area (Å²) in [6, 6.07) is 0. The van der Waals surface area contributed by atoms with Crippen molar-refractivity contribution in [3.05, 3.63) is 0 Å². The maximum Gasteiger partial charge on any atom is 0.316 e. The number of rotatable bonds is 8. The third-order valence-corrected chi connectivity index (χ3v) is 2.25. The second-order valence-corrected chi connectivity index (χ2v) is 3.47. The largest absolute Gasteiger partial charge is 0.466 e. The molecule has 17 heavy (non-hydrogen) atoms. The van der Waals surface area contributed by atoms with Crippen LogP contribution in [0.25, 0.3) is 0 Å². The highest BCUT2D eigenvalue weighted by molar-refractivity contribution is 5.99. The number of ketones is 1. The Kier molecular flexibility index (Phi) is 8.01. The Morgan fingerprint density at radius 1 is 1.00 bits per heavy atom. The molecule has 0 saturated carbocycles. The molecule has 0 N–H and O–H groups in total. The maximum absolute atomic E-state index is 11.5. The number of hydrogen-bond donors (Lipinski definition) is 0. The highest BCUT2D eigenvalue weighted by Crippen LogP contribution is 2.13. The van der Waals surface area contributed by atoms with E-state index < -0.39 is 17.9 Å². The molecule has 0 aliphatic rings. The smallest absolute Gasteiger partial charge is 0.316 e. The van der Waals surface area contributed by atoms with Gasteiger partial charge in [-0.3, -0.25) is 14.4 Å². The van der Waals surface area contributed by atoms with Crippen molar-refractivity contribution >= 4 is 17.7 Å². The molecule has 0 aromatic carbocycles. The normalized spacial score (nSPS) is 11.7. The Bertz CT molecular complexity index is 272. The lowest BCUT2D eigenvalue weighted by molar-refractivity contribution is -0.152. The van der Waals surface area contributed by atoms with Crippen LogP contribution >= 0.6 is 0 Å². The summed E-state index contributed by atoms with van der Waals surface area (Å²) in [6.07, 6.45) is 0.472. The van der Waals surface area contributed by atoms with Crippen LogP contribution in [0.5, 0.6) is 0 Å². The first-order chi connectivity index (χ1) is 8.06. The molecule has 0 radical (unpaired) electrons. The average molecular weight is 244 g/mol. The van der Waals surface area contributed by atoms with Crippen LogP contribution in [0.1, 0.15) is 40.0 Å². The van der Waals surface area contributed by atoms with Crippen molar-refractivity contribution < 1.29 is 23.9 Å². The zero-order chi connectivity index (χ0) is 13.3. The van der Waals surface area contributed by atoms with Gasteiger partial charge in [0, 0.05) is 12.8 Å². The molecule has 0 bridgehead atoms. The molecular formula is C12H20O5. The van der Waals surface area contributed by atoms with Gasteiger partial charge in [0.15, 0.2) is 0 Å². The Labute approximate surface area is 101 Å². The summed E-state index contributed by atoms with van der Waals surface area (Å²) in [5, 5.41) is 0. The maximum atomic E-state index is 11.5. The van der Waals surface area contributed by atoms with E-state index in [1.165, 1.54) is 0 Å². The molecule has 1 atom stereocenters. The van der Waals surface area contributed by atoms with Gasteiger partial charge in [-0.25, -0.2) is 0 Å². The fourth-order valence-electron chi connectivity index (χ4n) is 1.39. The molecule has 0 aromatic heterocycles.